The lowest BCUT2D eigenvalue weighted by molar-refractivity contribution is 0.0694. The first-order valence-electron chi connectivity index (χ1n) is 7.39. The molecule has 2 aromatic carbocycles. The number of carboxylic acid groups (broad SMARTS) is 1. The van der Waals surface area contributed by atoms with Crippen molar-refractivity contribution in [3.05, 3.63) is 58.4 Å². The van der Waals surface area contributed by atoms with Crippen molar-refractivity contribution in [2.45, 2.75) is 0 Å². The van der Waals surface area contributed by atoms with E-state index >= 15 is 0 Å². The number of carboxylic acids is 1. The van der Waals surface area contributed by atoms with E-state index in [0.717, 1.165) is 27.8 Å². The highest BCUT2D eigenvalue weighted by molar-refractivity contribution is 7.81. The summed E-state index contributed by atoms with van der Waals surface area (Å²) in [5, 5.41) is 19.1. The number of nitrogens with zero attached hydrogens (tertiary/aromatic N) is 1. The van der Waals surface area contributed by atoms with Gasteiger partial charge in [0.05, 0.1) is 17.0 Å². The topological polar surface area (TPSA) is 127 Å². The molecule has 0 fully saturated rings. The van der Waals surface area contributed by atoms with Crippen molar-refractivity contribution >= 4 is 56.5 Å². The van der Waals surface area contributed by atoms with Crippen LogP contribution in [0.1, 0.15) is 10.4 Å². The Morgan fingerprint density at radius 1 is 1.19 bits per heavy atom. The zero-order valence-electron chi connectivity index (χ0n) is 13.5. The summed E-state index contributed by atoms with van der Waals surface area (Å²) < 4.78 is 24.9. The lowest BCUT2D eigenvalue weighted by Crippen LogP contribution is -2.18. The third kappa shape index (κ3) is 3.76. The molecule has 0 aliphatic rings. The van der Waals surface area contributed by atoms with E-state index in [2.05, 4.69) is 0 Å². The maximum Gasteiger partial charge on any atom is 0.339 e. The number of aromatic carboxylic acids is 1. The zero-order valence-corrected chi connectivity index (χ0v) is 15.8. The Balaban J connectivity index is 2.09. The normalized spacial score (nSPS) is 11.9. The van der Waals surface area contributed by atoms with Crippen LogP contribution in [0.25, 0.3) is 11.1 Å². The fraction of sp³-hybridized carbons (Fsp3) is 0. The maximum absolute atomic E-state index is 11.8. The lowest BCUT2D eigenvalue weighted by Gasteiger charge is -2.25. The first kappa shape index (κ1) is 19.2. The van der Waals surface area contributed by atoms with Crippen LogP contribution in [0.5, 0.6) is 5.75 Å². The van der Waals surface area contributed by atoms with Crippen molar-refractivity contribution in [1.82, 2.24) is 0 Å². The molecular formula is C17H12ClN2O5S2-. The minimum absolute atomic E-state index is 0.0660. The van der Waals surface area contributed by atoms with Crippen molar-refractivity contribution in [3.63, 3.8) is 0 Å². The molecule has 4 N–H and O–H groups in total. The number of aromatic hydroxyl groups is 1. The molecule has 0 aliphatic carbocycles. The summed E-state index contributed by atoms with van der Waals surface area (Å²) >= 11 is 4.56. The lowest BCUT2D eigenvalue weighted by atomic mass is 10.1. The van der Waals surface area contributed by atoms with Crippen LogP contribution in [-0.4, -0.2) is 24.9 Å². The van der Waals surface area contributed by atoms with Crippen molar-refractivity contribution in [3.8, 4) is 16.9 Å². The van der Waals surface area contributed by atoms with E-state index in [4.69, 9.17) is 22.4 Å². The number of para-hydroxylation sites is 1. The number of hydrogen-bond acceptors (Lipinski definition) is 6. The molecule has 3 rings (SSSR count). The van der Waals surface area contributed by atoms with Crippen LogP contribution in [-0.2, 0) is 11.3 Å². The van der Waals surface area contributed by atoms with E-state index in [0.29, 0.717) is 21.2 Å². The fourth-order valence-corrected chi connectivity index (χ4v) is 4.50. The number of carbonyl (C=O) groups is 1. The van der Waals surface area contributed by atoms with Crippen molar-refractivity contribution in [1.29, 1.82) is 0 Å². The Kier molecular flexibility index (Phi) is 5.38. The Morgan fingerprint density at radius 2 is 1.89 bits per heavy atom. The maximum atomic E-state index is 11.8. The molecule has 0 saturated carbocycles. The van der Waals surface area contributed by atoms with E-state index in [-0.39, 0.29) is 16.3 Å². The highest BCUT2D eigenvalue weighted by Crippen LogP contribution is 2.44. The monoisotopic (exact) mass is 423 g/mol. The summed E-state index contributed by atoms with van der Waals surface area (Å²) in [6.07, 6.45) is 0. The van der Waals surface area contributed by atoms with Crippen molar-refractivity contribution in [2.24, 2.45) is 0 Å². The Bertz CT molecular complexity index is 1050. The van der Waals surface area contributed by atoms with E-state index in [1.165, 1.54) is 6.07 Å². The van der Waals surface area contributed by atoms with Gasteiger partial charge < -0.3 is 20.5 Å². The van der Waals surface area contributed by atoms with Gasteiger partial charge in [-0.25, -0.2) is 4.79 Å². The fourth-order valence-electron chi connectivity index (χ4n) is 2.50. The second-order valence-electron chi connectivity index (χ2n) is 5.38. The van der Waals surface area contributed by atoms with Crippen LogP contribution in [0.15, 0.2) is 48.5 Å². The highest BCUT2D eigenvalue weighted by Gasteiger charge is 2.20. The van der Waals surface area contributed by atoms with Crippen LogP contribution < -0.4 is 10.0 Å². The second kappa shape index (κ2) is 7.57. The number of phenols is 1. The molecule has 27 heavy (non-hydrogen) atoms. The Morgan fingerprint density at radius 3 is 2.48 bits per heavy atom. The summed E-state index contributed by atoms with van der Waals surface area (Å²) in [5.41, 5.74) is 7.41. The van der Waals surface area contributed by atoms with Crippen molar-refractivity contribution in [2.75, 3.05) is 10.0 Å². The average molecular weight is 424 g/mol. The summed E-state index contributed by atoms with van der Waals surface area (Å²) in [6.45, 7) is 0. The van der Waals surface area contributed by atoms with Gasteiger partial charge in [-0.05, 0) is 24.3 Å². The van der Waals surface area contributed by atoms with Gasteiger partial charge in [-0.1, -0.05) is 29.8 Å². The number of nitrogen functional groups attached to an aromatic ring is 1. The third-order valence-electron chi connectivity index (χ3n) is 3.72. The van der Waals surface area contributed by atoms with Gasteiger partial charge in [0.15, 0.2) is 0 Å². The SMILES string of the molecule is Nc1ccccc1-c1cc(N(c2ccc(C(=O)O)c(O)c2)S(=O)[O-])sc1Cl. The number of nitrogens with two attached hydrogens (primary N) is 1. The minimum atomic E-state index is -2.74. The number of halogens is 1. The molecule has 1 unspecified atom stereocenters. The van der Waals surface area contributed by atoms with Gasteiger partial charge >= 0.3 is 5.97 Å². The molecule has 1 heterocycles. The molecule has 140 valence electrons. The quantitative estimate of drug-likeness (QED) is 0.420. The van der Waals surface area contributed by atoms with E-state index in [1.54, 1.807) is 30.3 Å². The highest BCUT2D eigenvalue weighted by atomic mass is 35.5. The van der Waals surface area contributed by atoms with Gasteiger partial charge in [0.2, 0.25) is 0 Å². The van der Waals surface area contributed by atoms with Gasteiger partial charge in [-0.2, -0.15) is 0 Å². The van der Waals surface area contributed by atoms with E-state index in [9.17, 15) is 18.7 Å². The van der Waals surface area contributed by atoms with Crippen LogP contribution >= 0.6 is 22.9 Å². The molecule has 0 spiro atoms. The van der Waals surface area contributed by atoms with E-state index < -0.39 is 23.0 Å². The van der Waals surface area contributed by atoms with Gasteiger partial charge in [0.25, 0.3) is 0 Å². The summed E-state index contributed by atoms with van der Waals surface area (Å²) in [6, 6.07) is 12.0. The van der Waals surface area contributed by atoms with Crippen LogP contribution in [0.2, 0.25) is 4.34 Å². The van der Waals surface area contributed by atoms with Crippen molar-refractivity contribution < 1.29 is 23.8 Å². The molecule has 0 aliphatic heterocycles. The summed E-state index contributed by atoms with van der Waals surface area (Å²) in [5.74, 6) is -1.87. The largest absolute Gasteiger partial charge is 0.755 e. The van der Waals surface area contributed by atoms with Crippen LogP contribution in [0.4, 0.5) is 16.4 Å². The molecule has 0 saturated heterocycles. The number of rotatable bonds is 5. The summed E-state index contributed by atoms with van der Waals surface area (Å²) in [4.78, 5) is 11.0. The first-order valence-corrected chi connectivity index (χ1v) is 9.62. The Labute approximate surface area is 165 Å². The standard InChI is InChI=1S/C17H13ClN2O5S2/c18-16-12(10-3-1-2-4-13(10)19)8-15(26-16)20(27(24)25)9-5-6-11(17(22)23)14(21)7-9/h1-8,21H,19H2,(H,22,23)(H,24,25)/p-1. The Hall–Kier alpha value is -2.59. The molecule has 1 aromatic heterocycles. The molecular weight excluding hydrogens is 412 g/mol. The van der Waals surface area contributed by atoms with Gasteiger partial charge in [0.1, 0.15) is 20.7 Å². The number of anilines is 3. The summed E-state index contributed by atoms with van der Waals surface area (Å²) in [7, 11) is 0. The van der Waals surface area contributed by atoms with Crippen LogP contribution in [0, 0.1) is 0 Å². The second-order valence-corrected chi connectivity index (χ2v) is 7.81. The first-order chi connectivity index (χ1) is 12.8. The molecule has 0 radical (unpaired) electrons. The molecule has 7 nitrogen and oxygen atoms in total. The molecule has 0 bridgehead atoms. The van der Waals surface area contributed by atoms with Gasteiger partial charge in [0, 0.05) is 22.9 Å². The number of thiophene rings is 1. The zero-order chi connectivity index (χ0) is 19.7. The molecule has 1 atom stereocenters. The van der Waals surface area contributed by atoms with Gasteiger partial charge in [-0.15, -0.1) is 11.3 Å². The smallest absolute Gasteiger partial charge is 0.339 e. The van der Waals surface area contributed by atoms with Gasteiger partial charge in [-0.3, -0.25) is 8.51 Å². The predicted molar refractivity (Wildman–Crippen MR) is 105 cm³/mol. The molecule has 3 aromatic rings. The molecule has 10 heteroatoms. The number of hydrogen-bond donors (Lipinski definition) is 3. The van der Waals surface area contributed by atoms with E-state index in [1.807, 2.05) is 0 Å². The minimum Gasteiger partial charge on any atom is -0.755 e. The predicted octanol–water partition coefficient (Wildman–Crippen LogP) is 3.99. The average Bonchev–Trinajstić information content (AvgIpc) is 2.96. The molecule has 0 amide bonds. The third-order valence-corrected chi connectivity index (χ3v) is 5.89. The number of benzene rings is 2. The van der Waals surface area contributed by atoms with Crippen LogP contribution in [0.3, 0.4) is 0 Å².